The molecular weight excluding hydrogens is 300 g/mol. The maximum atomic E-state index is 11.6. The molecule has 0 saturated carbocycles. The van der Waals surface area contributed by atoms with E-state index in [0.717, 1.165) is 4.90 Å². The van der Waals surface area contributed by atoms with E-state index in [9.17, 15) is 4.79 Å². The van der Waals surface area contributed by atoms with Gasteiger partial charge in [0.05, 0.1) is 12.1 Å². The lowest BCUT2D eigenvalue weighted by atomic mass is 10.3. The Labute approximate surface area is 133 Å². The number of fused-ring (bicyclic) bond motifs is 1. The second-order valence-corrected chi connectivity index (χ2v) is 7.66. The average Bonchev–Trinajstić information content (AvgIpc) is 2.36. The molecule has 0 saturated heterocycles. The lowest BCUT2D eigenvalue weighted by Gasteiger charge is -2.17. The van der Waals surface area contributed by atoms with Crippen LogP contribution >= 0.6 is 11.8 Å². The van der Waals surface area contributed by atoms with Crippen molar-refractivity contribution < 1.29 is 9.53 Å². The van der Waals surface area contributed by atoms with Crippen LogP contribution in [0.4, 0.5) is 5.82 Å². The fourth-order valence-electron chi connectivity index (χ4n) is 1.90. The molecule has 2 aromatic heterocycles. The quantitative estimate of drug-likeness (QED) is 0.684. The van der Waals surface area contributed by atoms with E-state index in [1.165, 1.54) is 0 Å². The molecule has 6 nitrogen and oxygen atoms in total. The summed E-state index contributed by atoms with van der Waals surface area (Å²) in [6.45, 7) is 8.47. The molecule has 2 N–H and O–H groups in total. The Balaban J connectivity index is 2.36. The number of ether oxygens (including phenoxy) is 1. The number of nitrogens with two attached hydrogens (primary N) is 1. The number of aromatic nitrogens is 3. The van der Waals surface area contributed by atoms with Crippen molar-refractivity contribution in [2.45, 2.75) is 43.8 Å². The van der Waals surface area contributed by atoms with Gasteiger partial charge in [-0.1, -0.05) is 20.8 Å². The number of rotatable bonds is 4. The van der Waals surface area contributed by atoms with Gasteiger partial charge in [0.25, 0.3) is 0 Å². The first kappa shape index (κ1) is 16.5. The van der Waals surface area contributed by atoms with E-state index in [1.807, 2.05) is 6.07 Å². The molecule has 2 heterocycles. The van der Waals surface area contributed by atoms with Crippen molar-refractivity contribution in [2.75, 3.05) is 12.3 Å². The van der Waals surface area contributed by atoms with E-state index in [0.29, 0.717) is 23.5 Å². The van der Waals surface area contributed by atoms with Gasteiger partial charge in [-0.15, -0.1) is 11.8 Å². The van der Waals surface area contributed by atoms with E-state index < -0.39 is 0 Å². The van der Waals surface area contributed by atoms with Gasteiger partial charge in [-0.25, -0.2) is 15.0 Å². The van der Waals surface area contributed by atoms with Crippen LogP contribution in [-0.4, -0.2) is 32.3 Å². The molecule has 2 rings (SSSR count). The molecule has 0 amide bonds. The van der Waals surface area contributed by atoms with Crippen molar-refractivity contribution >= 4 is 34.6 Å². The monoisotopic (exact) mass is 320 g/mol. The zero-order chi connectivity index (χ0) is 16.3. The van der Waals surface area contributed by atoms with Crippen molar-refractivity contribution in [2.24, 2.45) is 0 Å². The van der Waals surface area contributed by atoms with Crippen molar-refractivity contribution in [1.29, 1.82) is 0 Å². The number of nitrogen functional groups attached to an aromatic ring is 1. The maximum Gasteiger partial charge on any atom is 0.313 e. The minimum absolute atomic E-state index is 0.00458. The third-order valence-electron chi connectivity index (χ3n) is 2.62. The summed E-state index contributed by atoms with van der Waals surface area (Å²) in [5, 5.41) is 0. The fourth-order valence-corrected chi connectivity index (χ4v) is 2.89. The molecule has 22 heavy (non-hydrogen) atoms. The Morgan fingerprint density at radius 1 is 1.36 bits per heavy atom. The smallest absolute Gasteiger partial charge is 0.313 e. The number of hydrogen-bond acceptors (Lipinski definition) is 7. The first-order valence-electron chi connectivity index (χ1n) is 7.05. The SMILES string of the molecule is CCOC(=O)Cc1nc(N)c2ncc(SC(C)(C)C)cc2n1. The van der Waals surface area contributed by atoms with Crippen molar-refractivity contribution in [3.63, 3.8) is 0 Å². The minimum Gasteiger partial charge on any atom is -0.466 e. The molecule has 2 aromatic rings. The van der Waals surface area contributed by atoms with Gasteiger partial charge in [-0.05, 0) is 13.0 Å². The van der Waals surface area contributed by atoms with Gasteiger partial charge in [-0.2, -0.15) is 0 Å². The minimum atomic E-state index is -0.366. The van der Waals surface area contributed by atoms with Crippen LogP contribution in [0.3, 0.4) is 0 Å². The second-order valence-electron chi connectivity index (χ2n) is 5.76. The number of esters is 1. The Hall–Kier alpha value is -1.89. The first-order chi connectivity index (χ1) is 10.3. The molecule has 0 fully saturated rings. The van der Waals surface area contributed by atoms with E-state index in [4.69, 9.17) is 10.5 Å². The van der Waals surface area contributed by atoms with Crippen LogP contribution in [0.2, 0.25) is 0 Å². The standard InChI is InChI=1S/C15H20N4O2S/c1-5-21-12(20)7-11-18-10-6-9(22-15(2,3)4)8-17-13(10)14(16)19-11/h6,8H,5,7H2,1-4H3,(H2,16,18,19). The molecule has 118 valence electrons. The molecule has 0 aliphatic rings. The summed E-state index contributed by atoms with van der Waals surface area (Å²) in [5.41, 5.74) is 7.10. The zero-order valence-electron chi connectivity index (χ0n) is 13.2. The van der Waals surface area contributed by atoms with E-state index in [2.05, 4.69) is 35.7 Å². The van der Waals surface area contributed by atoms with Crippen LogP contribution in [-0.2, 0) is 16.0 Å². The second kappa shape index (κ2) is 6.48. The van der Waals surface area contributed by atoms with Gasteiger partial charge >= 0.3 is 5.97 Å². The predicted molar refractivity (Wildman–Crippen MR) is 87.7 cm³/mol. The maximum absolute atomic E-state index is 11.6. The van der Waals surface area contributed by atoms with Gasteiger partial charge in [-0.3, -0.25) is 4.79 Å². The van der Waals surface area contributed by atoms with E-state index in [-0.39, 0.29) is 23.0 Å². The summed E-state index contributed by atoms with van der Waals surface area (Å²) in [6.07, 6.45) is 1.77. The Morgan fingerprint density at radius 2 is 2.09 bits per heavy atom. The van der Waals surface area contributed by atoms with Gasteiger partial charge in [0.2, 0.25) is 0 Å². The molecule has 0 aromatic carbocycles. The van der Waals surface area contributed by atoms with Crippen LogP contribution in [0, 0.1) is 0 Å². The highest BCUT2D eigenvalue weighted by atomic mass is 32.2. The van der Waals surface area contributed by atoms with Gasteiger partial charge in [0, 0.05) is 15.8 Å². The number of anilines is 1. The lowest BCUT2D eigenvalue weighted by Crippen LogP contribution is -2.12. The van der Waals surface area contributed by atoms with Crippen molar-refractivity contribution in [3.8, 4) is 0 Å². The topological polar surface area (TPSA) is 91.0 Å². The number of thioether (sulfide) groups is 1. The van der Waals surface area contributed by atoms with Crippen LogP contribution in [0.5, 0.6) is 0 Å². The Morgan fingerprint density at radius 3 is 2.73 bits per heavy atom. The van der Waals surface area contributed by atoms with E-state index >= 15 is 0 Å². The lowest BCUT2D eigenvalue weighted by molar-refractivity contribution is -0.142. The number of nitrogens with zero attached hydrogens (tertiary/aromatic N) is 3. The third kappa shape index (κ3) is 4.30. The summed E-state index contributed by atoms with van der Waals surface area (Å²) in [6, 6.07) is 1.92. The summed E-state index contributed by atoms with van der Waals surface area (Å²) in [7, 11) is 0. The number of pyridine rings is 1. The molecule has 0 bridgehead atoms. The third-order valence-corrected chi connectivity index (χ3v) is 3.69. The molecule has 0 aliphatic heterocycles. The molecule has 0 unspecified atom stereocenters. The Bertz CT molecular complexity index is 698. The zero-order valence-corrected chi connectivity index (χ0v) is 14.0. The average molecular weight is 320 g/mol. The highest BCUT2D eigenvalue weighted by Crippen LogP contribution is 2.32. The first-order valence-corrected chi connectivity index (χ1v) is 7.87. The van der Waals surface area contributed by atoms with Crippen molar-refractivity contribution in [1.82, 2.24) is 15.0 Å². The number of hydrogen-bond donors (Lipinski definition) is 1. The molecule has 0 spiro atoms. The molecule has 0 radical (unpaired) electrons. The largest absolute Gasteiger partial charge is 0.466 e. The summed E-state index contributed by atoms with van der Waals surface area (Å²) < 4.78 is 4.98. The molecule has 0 atom stereocenters. The summed E-state index contributed by atoms with van der Waals surface area (Å²) in [5.74, 6) is 0.259. The van der Waals surface area contributed by atoms with E-state index in [1.54, 1.807) is 24.9 Å². The summed E-state index contributed by atoms with van der Waals surface area (Å²) >= 11 is 1.69. The molecule has 0 aliphatic carbocycles. The number of carbonyl (C=O) groups is 1. The van der Waals surface area contributed by atoms with Gasteiger partial charge in [0.15, 0.2) is 5.82 Å². The highest BCUT2D eigenvalue weighted by molar-refractivity contribution is 8.00. The highest BCUT2D eigenvalue weighted by Gasteiger charge is 2.15. The van der Waals surface area contributed by atoms with Crippen LogP contribution in [0.15, 0.2) is 17.2 Å². The van der Waals surface area contributed by atoms with Crippen molar-refractivity contribution in [3.05, 3.63) is 18.1 Å². The normalized spacial score (nSPS) is 11.6. The molecular formula is C15H20N4O2S. The molecule has 7 heteroatoms. The predicted octanol–water partition coefficient (Wildman–Crippen LogP) is 2.60. The summed E-state index contributed by atoms with van der Waals surface area (Å²) in [4.78, 5) is 25.4. The fraction of sp³-hybridized carbons (Fsp3) is 0.467. The van der Waals surface area contributed by atoms with Crippen LogP contribution < -0.4 is 5.73 Å². The van der Waals surface area contributed by atoms with Gasteiger partial charge < -0.3 is 10.5 Å². The van der Waals surface area contributed by atoms with Gasteiger partial charge in [0.1, 0.15) is 17.8 Å². The van der Waals surface area contributed by atoms with Crippen LogP contribution in [0.25, 0.3) is 11.0 Å². The Kier molecular flexibility index (Phi) is 4.85. The number of carbonyl (C=O) groups excluding carboxylic acids is 1. The van der Waals surface area contributed by atoms with Crippen LogP contribution in [0.1, 0.15) is 33.5 Å².